The predicted octanol–water partition coefficient (Wildman–Crippen LogP) is 4.09. The Morgan fingerprint density at radius 3 is 2.29 bits per heavy atom. The Bertz CT molecular complexity index is 819. The molecule has 8 nitrogen and oxygen atoms in total. The molecule has 1 aromatic heterocycles. The molecule has 0 atom stereocenters. The molecule has 0 radical (unpaired) electrons. The first-order chi connectivity index (χ1) is 15.0. The maximum Gasteiger partial charge on any atom is 0.322 e. The molecule has 2 aromatic rings. The zero-order valence-electron chi connectivity index (χ0n) is 18.7. The van der Waals surface area contributed by atoms with Crippen molar-refractivity contribution >= 4 is 29.0 Å². The Kier molecular flexibility index (Phi) is 10.3. The smallest absolute Gasteiger partial charge is 0.322 e. The van der Waals surface area contributed by atoms with Crippen LogP contribution < -0.4 is 10.1 Å². The van der Waals surface area contributed by atoms with Gasteiger partial charge < -0.3 is 24.6 Å². The molecule has 9 heteroatoms. The summed E-state index contributed by atoms with van der Waals surface area (Å²) in [6, 6.07) is 6.87. The van der Waals surface area contributed by atoms with E-state index in [0.717, 1.165) is 18.6 Å². The zero-order chi connectivity index (χ0) is 22.6. The number of aromatic nitrogens is 1. The fourth-order valence-corrected chi connectivity index (χ4v) is 3.78. The SMILES string of the molecule is CCCN(CCC)C(=O)c1csc(CN(CCOC)C(=O)Nc2ccc(OC)cc2)n1. The van der Waals surface area contributed by atoms with Crippen molar-refractivity contribution in [2.75, 3.05) is 45.8 Å². The molecule has 0 bridgehead atoms. The fraction of sp³-hybridized carbons (Fsp3) is 0.500. The lowest BCUT2D eigenvalue weighted by molar-refractivity contribution is 0.0750. The number of anilines is 1. The second-order valence-electron chi connectivity index (χ2n) is 6.99. The number of rotatable bonds is 12. The minimum absolute atomic E-state index is 0.0580. The highest BCUT2D eigenvalue weighted by Gasteiger charge is 2.20. The van der Waals surface area contributed by atoms with Crippen LogP contribution in [0.15, 0.2) is 29.6 Å². The molecule has 0 unspecified atom stereocenters. The van der Waals surface area contributed by atoms with Crippen LogP contribution in [0.4, 0.5) is 10.5 Å². The van der Waals surface area contributed by atoms with Gasteiger partial charge in [0.15, 0.2) is 0 Å². The van der Waals surface area contributed by atoms with E-state index in [1.54, 1.807) is 48.8 Å². The summed E-state index contributed by atoms with van der Waals surface area (Å²) in [4.78, 5) is 33.6. The molecular formula is C22H32N4O4S. The third-order valence-corrected chi connectivity index (χ3v) is 5.40. The summed E-state index contributed by atoms with van der Waals surface area (Å²) < 4.78 is 10.3. The highest BCUT2D eigenvalue weighted by molar-refractivity contribution is 7.09. The van der Waals surface area contributed by atoms with Crippen molar-refractivity contribution < 1.29 is 19.1 Å². The van der Waals surface area contributed by atoms with E-state index in [1.165, 1.54) is 11.3 Å². The molecule has 0 spiro atoms. The molecule has 31 heavy (non-hydrogen) atoms. The maximum absolute atomic E-state index is 12.8. The highest BCUT2D eigenvalue weighted by atomic mass is 32.1. The van der Waals surface area contributed by atoms with Crippen molar-refractivity contribution in [2.45, 2.75) is 33.2 Å². The van der Waals surface area contributed by atoms with Gasteiger partial charge in [0.05, 0.1) is 20.3 Å². The lowest BCUT2D eigenvalue weighted by atomic mass is 10.3. The minimum atomic E-state index is -0.260. The number of carbonyl (C=O) groups is 2. The van der Waals surface area contributed by atoms with Crippen LogP contribution in [0.3, 0.4) is 0 Å². The lowest BCUT2D eigenvalue weighted by Crippen LogP contribution is -2.37. The molecule has 3 amide bonds. The quantitative estimate of drug-likeness (QED) is 0.529. The molecule has 0 aliphatic heterocycles. The molecule has 1 heterocycles. The number of thiazole rings is 1. The van der Waals surface area contributed by atoms with Gasteiger partial charge in [-0.15, -0.1) is 11.3 Å². The van der Waals surface area contributed by atoms with Crippen LogP contribution in [0.1, 0.15) is 42.2 Å². The Morgan fingerprint density at radius 1 is 1.03 bits per heavy atom. The number of hydrogen-bond acceptors (Lipinski definition) is 6. The zero-order valence-corrected chi connectivity index (χ0v) is 19.5. The molecule has 0 aliphatic carbocycles. The summed E-state index contributed by atoms with van der Waals surface area (Å²) in [5.41, 5.74) is 1.10. The number of nitrogens with zero attached hydrogens (tertiary/aromatic N) is 3. The number of benzene rings is 1. The number of amides is 3. The maximum atomic E-state index is 12.8. The van der Waals surface area contributed by atoms with Crippen molar-refractivity contribution in [2.24, 2.45) is 0 Å². The van der Waals surface area contributed by atoms with Crippen molar-refractivity contribution in [3.63, 3.8) is 0 Å². The normalized spacial score (nSPS) is 10.6. The number of hydrogen-bond donors (Lipinski definition) is 1. The van der Waals surface area contributed by atoms with E-state index >= 15 is 0 Å². The molecule has 170 valence electrons. The Hall–Kier alpha value is -2.65. The van der Waals surface area contributed by atoms with E-state index in [1.807, 2.05) is 4.90 Å². The number of nitrogens with one attached hydrogen (secondary N) is 1. The second kappa shape index (κ2) is 12.9. The summed E-state index contributed by atoms with van der Waals surface area (Å²) in [5.74, 6) is 0.659. The van der Waals surface area contributed by atoms with E-state index in [9.17, 15) is 9.59 Å². The van der Waals surface area contributed by atoms with Gasteiger partial charge >= 0.3 is 6.03 Å². The summed E-state index contributed by atoms with van der Waals surface area (Å²) in [5, 5.41) is 5.36. The third-order valence-electron chi connectivity index (χ3n) is 4.57. The molecule has 0 saturated heterocycles. The van der Waals surface area contributed by atoms with Crippen molar-refractivity contribution in [3.05, 3.63) is 40.3 Å². The number of methoxy groups -OCH3 is 2. The first kappa shape index (κ1) is 24.6. The average Bonchev–Trinajstić information content (AvgIpc) is 3.25. The van der Waals surface area contributed by atoms with Crippen LogP contribution in [-0.4, -0.2) is 67.2 Å². The van der Waals surface area contributed by atoms with Gasteiger partial charge in [-0.3, -0.25) is 4.79 Å². The molecule has 0 saturated carbocycles. The first-order valence-electron chi connectivity index (χ1n) is 10.4. The number of urea groups is 1. The van der Waals surface area contributed by atoms with Crippen molar-refractivity contribution in [3.8, 4) is 5.75 Å². The van der Waals surface area contributed by atoms with E-state index in [2.05, 4.69) is 24.1 Å². The van der Waals surface area contributed by atoms with Crippen LogP contribution in [0, 0.1) is 0 Å². The van der Waals surface area contributed by atoms with E-state index < -0.39 is 0 Å². The predicted molar refractivity (Wildman–Crippen MR) is 123 cm³/mol. The van der Waals surface area contributed by atoms with Crippen molar-refractivity contribution in [1.29, 1.82) is 0 Å². The average molecular weight is 449 g/mol. The van der Waals surface area contributed by atoms with Gasteiger partial charge in [0.25, 0.3) is 5.91 Å². The van der Waals surface area contributed by atoms with Gasteiger partial charge in [-0.25, -0.2) is 9.78 Å². The van der Waals surface area contributed by atoms with Gasteiger partial charge in [0, 0.05) is 37.8 Å². The van der Waals surface area contributed by atoms with E-state index in [0.29, 0.717) is 49.2 Å². The Balaban J connectivity index is 2.07. The molecule has 0 aliphatic rings. The molecule has 2 rings (SSSR count). The van der Waals surface area contributed by atoms with Gasteiger partial charge in [-0.05, 0) is 37.1 Å². The Labute approximate surface area is 188 Å². The van der Waals surface area contributed by atoms with Gasteiger partial charge in [0.2, 0.25) is 0 Å². The van der Waals surface area contributed by atoms with E-state index in [4.69, 9.17) is 9.47 Å². The first-order valence-corrected chi connectivity index (χ1v) is 11.3. The lowest BCUT2D eigenvalue weighted by Gasteiger charge is -2.22. The van der Waals surface area contributed by atoms with Crippen molar-refractivity contribution in [1.82, 2.24) is 14.8 Å². The van der Waals surface area contributed by atoms with Crippen LogP contribution >= 0.6 is 11.3 Å². The molecule has 1 aromatic carbocycles. The third kappa shape index (κ3) is 7.52. The van der Waals surface area contributed by atoms with E-state index in [-0.39, 0.29) is 11.9 Å². The second-order valence-corrected chi connectivity index (χ2v) is 7.93. The number of ether oxygens (including phenoxy) is 2. The summed E-state index contributed by atoms with van der Waals surface area (Å²) in [6.07, 6.45) is 1.80. The standard InChI is InChI=1S/C22H32N4O4S/c1-5-11-25(12-6-2)21(27)19-16-31-20(24-19)15-26(13-14-29-3)22(28)23-17-7-9-18(30-4)10-8-17/h7-10,16H,5-6,11-15H2,1-4H3,(H,23,28). The van der Waals surface area contributed by atoms with Gasteiger partial charge in [0.1, 0.15) is 16.5 Å². The molecular weight excluding hydrogens is 416 g/mol. The number of carbonyl (C=O) groups excluding carboxylic acids is 2. The fourth-order valence-electron chi connectivity index (χ4n) is 2.99. The van der Waals surface area contributed by atoms with Crippen LogP contribution in [0.2, 0.25) is 0 Å². The highest BCUT2D eigenvalue weighted by Crippen LogP contribution is 2.18. The van der Waals surface area contributed by atoms with Gasteiger partial charge in [-0.2, -0.15) is 0 Å². The summed E-state index contributed by atoms with van der Waals surface area (Å²) >= 11 is 1.38. The summed E-state index contributed by atoms with van der Waals surface area (Å²) in [7, 11) is 3.19. The van der Waals surface area contributed by atoms with Gasteiger partial charge in [-0.1, -0.05) is 13.8 Å². The molecule has 1 N–H and O–H groups in total. The Morgan fingerprint density at radius 2 is 1.71 bits per heavy atom. The monoisotopic (exact) mass is 448 g/mol. The summed E-state index contributed by atoms with van der Waals surface area (Å²) in [6.45, 7) is 6.63. The van der Waals surface area contributed by atoms with Crippen LogP contribution in [0.5, 0.6) is 5.75 Å². The largest absolute Gasteiger partial charge is 0.497 e. The topological polar surface area (TPSA) is 84.0 Å². The van der Waals surface area contributed by atoms with Crippen LogP contribution in [-0.2, 0) is 11.3 Å². The van der Waals surface area contributed by atoms with Crippen LogP contribution in [0.25, 0.3) is 0 Å². The molecule has 0 fully saturated rings. The minimum Gasteiger partial charge on any atom is -0.497 e.